The maximum atomic E-state index is 2.52. The number of fused-ring (bicyclic) bond motifs is 13. The molecule has 0 aromatic heterocycles. The molecule has 1 heteroatoms. The first-order chi connectivity index (χ1) is 32.9. The number of hydrogen-bond acceptors (Lipinski definition) is 1. The molecule has 1 unspecified atom stereocenters. The van der Waals surface area contributed by atoms with Gasteiger partial charge < -0.3 is 4.90 Å². The highest BCUT2D eigenvalue weighted by Gasteiger charge is 2.52. The average molecular weight is 856 g/mol. The summed E-state index contributed by atoms with van der Waals surface area (Å²) in [4.78, 5) is 2.42. The van der Waals surface area contributed by atoms with Crippen molar-refractivity contribution in [3.63, 3.8) is 0 Å². The standard InChI is InChI=1S/C66H49N/c1-64(2,3)47-36-40-54-53-27-14-17-31-58(53)66(61(54)42-47)59-32-18-15-28-56(59)63-51(29-19-33-60(63)66)44-34-37-49(38-35-44)67(48-24-11-6-12-25-48)50-39-41-55-52-26-13-16-30-57(52)65(62(55)43-50,45-20-7-4-8-21-45)46-22-9-5-10-23-46/h4-43H,1-3H3. The molecule has 0 radical (unpaired) electrons. The Balaban J connectivity index is 0.979. The Hall–Kier alpha value is -8.00. The number of para-hydroxylation sites is 1. The predicted molar refractivity (Wildman–Crippen MR) is 279 cm³/mol. The van der Waals surface area contributed by atoms with Gasteiger partial charge >= 0.3 is 0 Å². The molecule has 0 amide bonds. The summed E-state index contributed by atoms with van der Waals surface area (Å²) in [6.07, 6.45) is 0. The smallest absolute Gasteiger partial charge is 0.0725 e. The fourth-order valence-electron chi connectivity index (χ4n) is 12.3. The highest BCUT2D eigenvalue weighted by Crippen LogP contribution is 2.64. The lowest BCUT2D eigenvalue weighted by Crippen LogP contribution is -2.28. The van der Waals surface area contributed by atoms with Gasteiger partial charge in [0.2, 0.25) is 0 Å². The van der Waals surface area contributed by atoms with Gasteiger partial charge in [-0.2, -0.15) is 0 Å². The van der Waals surface area contributed by atoms with Crippen LogP contribution in [-0.2, 0) is 16.2 Å². The quantitative estimate of drug-likeness (QED) is 0.161. The number of nitrogens with zero attached hydrogens (tertiary/aromatic N) is 1. The summed E-state index contributed by atoms with van der Waals surface area (Å²) in [6, 6.07) is 91.0. The van der Waals surface area contributed by atoms with E-state index in [0.29, 0.717) is 0 Å². The van der Waals surface area contributed by atoms with Gasteiger partial charge in [-0.3, -0.25) is 0 Å². The van der Waals surface area contributed by atoms with Gasteiger partial charge in [0.1, 0.15) is 0 Å². The normalized spacial score (nSPS) is 15.6. The molecule has 0 bridgehead atoms. The van der Waals surface area contributed by atoms with Crippen molar-refractivity contribution in [2.45, 2.75) is 37.0 Å². The molecule has 1 nitrogen and oxygen atoms in total. The van der Waals surface area contributed by atoms with E-state index in [1.165, 1.54) is 94.6 Å². The Morgan fingerprint density at radius 2 is 0.731 bits per heavy atom. The van der Waals surface area contributed by atoms with Crippen LogP contribution in [0.25, 0.3) is 44.5 Å². The van der Waals surface area contributed by atoms with E-state index in [0.717, 1.165) is 17.1 Å². The van der Waals surface area contributed by atoms with E-state index in [9.17, 15) is 0 Å². The molecule has 13 rings (SSSR count). The highest BCUT2D eigenvalue weighted by molar-refractivity contribution is 6.00. The Labute approximate surface area is 394 Å². The van der Waals surface area contributed by atoms with Gasteiger partial charge in [0.05, 0.1) is 10.8 Å². The fourth-order valence-corrected chi connectivity index (χ4v) is 12.3. The van der Waals surface area contributed by atoms with Gasteiger partial charge in [0, 0.05) is 17.1 Å². The summed E-state index contributed by atoms with van der Waals surface area (Å²) in [5, 5.41) is 0. The van der Waals surface area contributed by atoms with E-state index >= 15 is 0 Å². The summed E-state index contributed by atoms with van der Waals surface area (Å²) < 4.78 is 0. The zero-order valence-corrected chi connectivity index (χ0v) is 38.0. The van der Waals surface area contributed by atoms with Crippen molar-refractivity contribution in [3.8, 4) is 44.5 Å². The molecule has 3 aliphatic carbocycles. The Bertz CT molecular complexity index is 3500. The third-order valence-corrected chi connectivity index (χ3v) is 15.1. The van der Waals surface area contributed by atoms with E-state index in [1.54, 1.807) is 0 Å². The number of benzene rings is 10. The molecule has 0 heterocycles. The second kappa shape index (κ2) is 14.8. The summed E-state index contributed by atoms with van der Waals surface area (Å²) in [6.45, 7) is 6.98. The molecule has 1 atom stereocenters. The summed E-state index contributed by atoms with van der Waals surface area (Å²) in [5.41, 5.74) is 24.7. The van der Waals surface area contributed by atoms with E-state index in [1.807, 2.05) is 0 Å². The maximum absolute atomic E-state index is 2.52. The van der Waals surface area contributed by atoms with Crippen molar-refractivity contribution < 1.29 is 0 Å². The van der Waals surface area contributed by atoms with Crippen molar-refractivity contribution in [2.24, 2.45) is 0 Å². The van der Waals surface area contributed by atoms with Gasteiger partial charge in [-0.25, -0.2) is 0 Å². The minimum atomic E-state index is -0.493. The molecule has 0 N–H and O–H groups in total. The molecular formula is C66H49N. The predicted octanol–water partition coefficient (Wildman–Crippen LogP) is 16.8. The van der Waals surface area contributed by atoms with Crippen molar-refractivity contribution >= 4 is 17.1 Å². The van der Waals surface area contributed by atoms with Crippen molar-refractivity contribution in [1.29, 1.82) is 0 Å². The van der Waals surface area contributed by atoms with Gasteiger partial charge in [-0.15, -0.1) is 0 Å². The van der Waals surface area contributed by atoms with Crippen LogP contribution in [0.15, 0.2) is 243 Å². The van der Waals surface area contributed by atoms with Crippen molar-refractivity contribution in [1.82, 2.24) is 0 Å². The largest absolute Gasteiger partial charge is 0.310 e. The van der Waals surface area contributed by atoms with Gasteiger partial charge in [0.15, 0.2) is 0 Å². The Morgan fingerprint density at radius 3 is 1.34 bits per heavy atom. The van der Waals surface area contributed by atoms with E-state index in [4.69, 9.17) is 0 Å². The lowest BCUT2D eigenvalue weighted by molar-refractivity contribution is 0.588. The molecule has 0 aliphatic heterocycles. The van der Waals surface area contributed by atoms with Crippen LogP contribution in [0.5, 0.6) is 0 Å². The van der Waals surface area contributed by atoms with E-state index in [-0.39, 0.29) is 5.41 Å². The molecular weight excluding hydrogens is 807 g/mol. The summed E-state index contributed by atoms with van der Waals surface area (Å²) in [5.74, 6) is 0. The monoisotopic (exact) mass is 855 g/mol. The zero-order chi connectivity index (χ0) is 44.9. The maximum Gasteiger partial charge on any atom is 0.0725 e. The SMILES string of the molecule is CC(C)(C)c1ccc2c(c1)C1(c3ccccc3-2)c2ccccc2-c2c(-c3ccc(N(c4ccccc4)c4ccc5c(c4)C(c4ccccc4)(c4ccccc4)c4ccccc4-5)cc3)cccc21. The minimum Gasteiger partial charge on any atom is -0.310 e. The first-order valence-corrected chi connectivity index (χ1v) is 23.7. The summed E-state index contributed by atoms with van der Waals surface area (Å²) >= 11 is 0. The van der Waals surface area contributed by atoms with E-state index in [2.05, 4.69) is 268 Å². The molecule has 10 aromatic rings. The number of anilines is 3. The fraction of sp³-hybridized carbons (Fsp3) is 0.0909. The first-order valence-electron chi connectivity index (χ1n) is 23.7. The topological polar surface area (TPSA) is 3.24 Å². The second-order valence-corrected chi connectivity index (χ2v) is 19.6. The third kappa shape index (κ3) is 5.55. The van der Waals surface area contributed by atoms with Gasteiger partial charge in [0.25, 0.3) is 0 Å². The lowest BCUT2D eigenvalue weighted by Gasteiger charge is -2.35. The second-order valence-electron chi connectivity index (χ2n) is 19.6. The van der Waals surface area contributed by atoms with Crippen LogP contribution in [0.3, 0.4) is 0 Å². The Kier molecular flexibility index (Phi) is 8.67. The van der Waals surface area contributed by atoms with Crippen molar-refractivity contribution in [2.75, 3.05) is 4.90 Å². The Morgan fingerprint density at radius 1 is 0.299 bits per heavy atom. The molecule has 10 aromatic carbocycles. The molecule has 0 saturated heterocycles. The summed E-state index contributed by atoms with van der Waals surface area (Å²) in [7, 11) is 0. The van der Waals surface area contributed by atoms with Crippen LogP contribution >= 0.6 is 0 Å². The highest BCUT2D eigenvalue weighted by atomic mass is 15.1. The van der Waals surface area contributed by atoms with Crippen LogP contribution in [0, 0.1) is 0 Å². The average Bonchev–Trinajstić information content (AvgIpc) is 3.97. The van der Waals surface area contributed by atoms with Gasteiger partial charge in [-0.05, 0) is 136 Å². The number of rotatable bonds is 6. The van der Waals surface area contributed by atoms with E-state index < -0.39 is 10.8 Å². The molecule has 0 saturated carbocycles. The molecule has 1 spiro atoms. The van der Waals surface area contributed by atoms with Crippen LogP contribution < -0.4 is 4.90 Å². The van der Waals surface area contributed by atoms with Crippen molar-refractivity contribution in [3.05, 3.63) is 293 Å². The van der Waals surface area contributed by atoms with Crippen LogP contribution in [0.4, 0.5) is 17.1 Å². The van der Waals surface area contributed by atoms with Crippen LogP contribution in [-0.4, -0.2) is 0 Å². The molecule has 0 fully saturated rings. The minimum absolute atomic E-state index is 0.0148. The zero-order valence-electron chi connectivity index (χ0n) is 38.0. The molecule has 318 valence electrons. The first kappa shape index (κ1) is 39.4. The third-order valence-electron chi connectivity index (χ3n) is 15.1. The molecule has 3 aliphatic rings. The van der Waals surface area contributed by atoms with Gasteiger partial charge in [-0.1, -0.05) is 227 Å². The van der Waals surface area contributed by atoms with Crippen LogP contribution in [0.1, 0.15) is 70.8 Å². The molecule has 67 heavy (non-hydrogen) atoms. The number of hydrogen-bond donors (Lipinski definition) is 0. The lowest BCUT2D eigenvalue weighted by atomic mass is 9.67. The van der Waals surface area contributed by atoms with Crippen LogP contribution in [0.2, 0.25) is 0 Å².